The summed E-state index contributed by atoms with van der Waals surface area (Å²) in [6, 6.07) is 5.06. The first-order valence-corrected chi connectivity index (χ1v) is 11.5. The van der Waals surface area contributed by atoms with Gasteiger partial charge < -0.3 is 24.8 Å². The highest BCUT2D eigenvalue weighted by molar-refractivity contribution is 7.99. The molecule has 0 aliphatic carbocycles. The van der Waals surface area contributed by atoms with Crippen LogP contribution in [-0.4, -0.2) is 71.9 Å². The Hall–Kier alpha value is -3.05. The minimum atomic E-state index is -0.226. The number of amides is 1. The fourth-order valence-corrected chi connectivity index (χ4v) is 3.79. The lowest BCUT2D eigenvalue weighted by atomic mass is 10.2. The number of ether oxygens (including phenoxy) is 3. The van der Waals surface area contributed by atoms with Crippen LogP contribution in [-0.2, 0) is 11.3 Å². The summed E-state index contributed by atoms with van der Waals surface area (Å²) < 4.78 is 17.4. The van der Waals surface area contributed by atoms with Crippen LogP contribution >= 0.6 is 11.8 Å². The summed E-state index contributed by atoms with van der Waals surface area (Å²) in [4.78, 5) is 22.0. The molecule has 178 valence electrons. The summed E-state index contributed by atoms with van der Waals surface area (Å²) in [5.41, 5.74) is 1.17. The van der Waals surface area contributed by atoms with Crippen molar-refractivity contribution in [3.8, 4) is 11.5 Å². The molecule has 3 aromatic rings. The topological polar surface area (TPSA) is 112 Å². The van der Waals surface area contributed by atoms with E-state index in [1.807, 2.05) is 0 Å². The number of aromatic nitrogens is 4. The normalized spacial score (nSPS) is 11.1. The fourth-order valence-electron chi connectivity index (χ4n) is 3.08. The highest BCUT2D eigenvalue weighted by atomic mass is 32.2. The Bertz CT molecular complexity index is 1070. The smallest absolute Gasteiger partial charge is 0.251 e. The summed E-state index contributed by atoms with van der Waals surface area (Å²) in [6.45, 7) is 6.20. The maximum absolute atomic E-state index is 12.6. The molecule has 10 nitrogen and oxygen atoms in total. The number of fused-ring (bicyclic) bond motifs is 1. The van der Waals surface area contributed by atoms with E-state index in [-0.39, 0.29) is 5.91 Å². The second-order valence-electron chi connectivity index (χ2n) is 7.40. The number of methoxy groups -OCH3 is 3. The van der Waals surface area contributed by atoms with Crippen molar-refractivity contribution < 1.29 is 19.0 Å². The maximum atomic E-state index is 12.6. The lowest BCUT2D eigenvalue weighted by Gasteiger charge is -2.11. The Morgan fingerprint density at radius 1 is 1.09 bits per heavy atom. The Morgan fingerprint density at radius 3 is 2.45 bits per heavy atom. The number of rotatable bonds is 12. The van der Waals surface area contributed by atoms with Crippen LogP contribution in [0.25, 0.3) is 11.0 Å². The van der Waals surface area contributed by atoms with Gasteiger partial charge in [0.2, 0.25) is 0 Å². The molecule has 0 aliphatic heterocycles. The highest BCUT2D eigenvalue weighted by Crippen LogP contribution is 2.26. The first-order chi connectivity index (χ1) is 15.9. The molecule has 0 spiro atoms. The molecule has 33 heavy (non-hydrogen) atoms. The molecular formula is C22H30N6O4S. The second-order valence-corrected chi connectivity index (χ2v) is 8.95. The van der Waals surface area contributed by atoms with Crippen LogP contribution in [0.3, 0.4) is 0 Å². The maximum Gasteiger partial charge on any atom is 0.251 e. The Balaban J connectivity index is 1.74. The van der Waals surface area contributed by atoms with E-state index in [0.29, 0.717) is 59.4 Å². The number of anilines is 1. The van der Waals surface area contributed by atoms with Gasteiger partial charge in [-0.2, -0.15) is 5.10 Å². The number of hydrogen-bond acceptors (Lipinski definition) is 9. The van der Waals surface area contributed by atoms with Crippen LogP contribution in [0.1, 0.15) is 24.2 Å². The molecule has 0 aliphatic rings. The molecule has 0 bridgehead atoms. The summed E-state index contributed by atoms with van der Waals surface area (Å²) >= 11 is 1.58. The molecule has 0 radical (unpaired) electrons. The molecule has 2 heterocycles. The van der Waals surface area contributed by atoms with Gasteiger partial charge in [-0.25, -0.2) is 14.6 Å². The molecule has 1 aromatic carbocycles. The van der Waals surface area contributed by atoms with Crippen LogP contribution in [0, 0.1) is 0 Å². The summed E-state index contributed by atoms with van der Waals surface area (Å²) in [5.74, 6) is 1.60. The minimum absolute atomic E-state index is 0.226. The number of nitrogens with one attached hydrogen (secondary N) is 2. The van der Waals surface area contributed by atoms with E-state index in [2.05, 4.69) is 34.6 Å². The van der Waals surface area contributed by atoms with E-state index in [4.69, 9.17) is 19.2 Å². The van der Waals surface area contributed by atoms with Crippen molar-refractivity contribution in [1.29, 1.82) is 0 Å². The predicted molar refractivity (Wildman–Crippen MR) is 129 cm³/mol. The predicted octanol–water partition coefficient (Wildman–Crippen LogP) is 2.83. The molecule has 0 unspecified atom stereocenters. The van der Waals surface area contributed by atoms with Crippen molar-refractivity contribution in [1.82, 2.24) is 25.1 Å². The number of carbonyl (C=O) groups is 1. The van der Waals surface area contributed by atoms with Gasteiger partial charge >= 0.3 is 0 Å². The van der Waals surface area contributed by atoms with Gasteiger partial charge in [0.15, 0.2) is 10.8 Å². The average Bonchev–Trinajstić information content (AvgIpc) is 3.21. The quantitative estimate of drug-likeness (QED) is 0.232. The van der Waals surface area contributed by atoms with E-state index in [9.17, 15) is 4.79 Å². The largest absolute Gasteiger partial charge is 0.497 e. The monoisotopic (exact) mass is 474 g/mol. The van der Waals surface area contributed by atoms with Crippen molar-refractivity contribution in [3.05, 3.63) is 30.0 Å². The Kier molecular flexibility index (Phi) is 8.72. The van der Waals surface area contributed by atoms with Crippen molar-refractivity contribution in [2.75, 3.05) is 46.3 Å². The van der Waals surface area contributed by atoms with E-state index in [1.54, 1.807) is 62.2 Å². The van der Waals surface area contributed by atoms with Crippen LogP contribution in [0.2, 0.25) is 0 Å². The zero-order valence-corrected chi connectivity index (χ0v) is 20.4. The van der Waals surface area contributed by atoms with Gasteiger partial charge in [0, 0.05) is 37.1 Å². The lowest BCUT2D eigenvalue weighted by Crippen LogP contribution is -2.27. The van der Waals surface area contributed by atoms with E-state index in [0.717, 1.165) is 11.2 Å². The number of thioether (sulfide) groups is 1. The number of carbonyl (C=O) groups excluding carboxylic acids is 1. The zero-order valence-electron chi connectivity index (χ0n) is 19.5. The van der Waals surface area contributed by atoms with Crippen molar-refractivity contribution >= 4 is 34.5 Å². The Morgan fingerprint density at radius 2 is 1.82 bits per heavy atom. The molecule has 3 rings (SSSR count). The van der Waals surface area contributed by atoms with Gasteiger partial charge in [-0.3, -0.25) is 4.79 Å². The number of nitrogens with zero attached hydrogens (tertiary/aromatic N) is 4. The SMILES string of the molecule is COCCNc1nc(SC(C)C)nc2c1cnn2CCNC(=O)c1cc(OC)cc(OC)c1. The standard InChI is InChI=1S/C22H30N6O4S/c1-14(2)33-22-26-19(23-7-9-30-3)18-13-25-28(20(18)27-22)8-6-24-21(29)15-10-16(31-4)12-17(11-15)32-5/h10-14H,6-9H2,1-5H3,(H,24,29)(H,23,26,27). The van der Waals surface area contributed by atoms with Gasteiger partial charge in [-0.05, 0) is 12.1 Å². The molecule has 1 amide bonds. The first kappa shape index (κ1) is 24.6. The molecular weight excluding hydrogens is 444 g/mol. The number of hydrogen-bond donors (Lipinski definition) is 2. The van der Waals surface area contributed by atoms with E-state index in [1.165, 1.54) is 0 Å². The third kappa shape index (κ3) is 6.48. The average molecular weight is 475 g/mol. The number of benzene rings is 1. The van der Waals surface area contributed by atoms with Crippen molar-refractivity contribution in [2.24, 2.45) is 0 Å². The van der Waals surface area contributed by atoms with Gasteiger partial charge in [0.05, 0.1) is 39.0 Å². The molecule has 0 fully saturated rings. The minimum Gasteiger partial charge on any atom is -0.497 e. The van der Waals surface area contributed by atoms with Crippen LogP contribution in [0.4, 0.5) is 5.82 Å². The highest BCUT2D eigenvalue weighted by Gasteiger charge is 2.15. The van der Waals surface area contributed by atoms with Crippen LogP contribution in [0.15, 0.2) is 29.6 Å². The van der Waals surface area contributed by atoms with Gasteiger partial charge in [0.25, 0.3) is 5.91 Å². The van der Waals surface area contributed by atoms with Crippen LogP contribution in [0.5, 0.6) is 11.5 Å². The van der Waals surface area contributed by atoms with Crippen molar-refractivity contribution in [3.63, 3.8) is 0 Å². The fraction of sp³-hybridized carbons (Fsp3) is 0.455. The molecule has 11 heteroatoms. The second kappa shape index (κ2) is 11.7. The Labute approximate surface area is 197 Å². The van der Waals surface area contributed by atoms with Gasteiger partial charge in [0.1, 0.15) is 17.3 Å². The lowest BCUT2D eigenvalue weighted by molar-refractivity contribution is 0.0951. The van der Waals surface area contributed by atoms with Crippen molar-refractivity contribution in [2.45, 2.75) is 30.8 Å². The summed E-state index contributed by atoms with van der Waals surface area (Å²) in [5, 5.41) is 12.5. The first-order valence-electron chi connectivity index (χ1n) is 10.6. The van der Waals surface area contributed by atoms with Gasteiger partial charge in [-0.1, -0.05) is 25.6 Å². The summed E-state index contributed by atoms with van der Waals surface area (Å²) in [6.07, 6.45) is 1.74. The van der Waals surface area contributed by atoms with Gasteiger partial charge in [-0.15, -0.1) is 0 Å². The molecule has 0 saturated carbocycles. The third-order valence-corrected chi connectivity index (χ3v) is 5.50. The van der Waals surface area contributed by atoms with E-state index < -0.39 is 0 Å². The summed E-state index contributed by atoms with van der Waals surface area (Å²) in [7, 11) is 4.75. The van der Waals surface area contributed by atoms with Crippen LogP contribution < -0.4 is 20.1 Å². The molecule has 2 aromatic heterocycles. The zero-order chi connectivity index (χ0) is 23.8. The molecule has 0 atom stereocenters. The molecule has 2 N–H and O–H groups in total. The molecule has 0 saturated heterocycles. The third-order valence-electron chi connectivity index (χ3n) is 4.64. The van der Waals surface area contributed by atoms with E-state index >= 15 is 0 Å².